The highest BCUT2D eigenvalue weighted by atomic mass is 32.2. The van der Waals surface area contributed by atoms with Crippen molar-refractivity contribution in [3.8, 4) is 0 Å². The fourth-order valence-corrected chi connectivity index (χ4v) is 4.61. The summed E-state index contributed by atoms with van der Waals surface area (Å²) < 4.78 is 36.4. The summed E-state index contributed by atoms with van der Waals surface area (Å²) in [7, 11) is -3.90. The van der Waals surface area contributed by atoms with Gasteiger partial charge in [-0.05, 0) is 54.6 Å². The lowest BCUT2D eigenvalue weighted by Gasteiger charge is -2.11. The minimum Gasteiger partial charge on any atom is -0.326 e. The van der Waals surface area contributed by atoms with Gasteiger partial charge in [0.05, 0.1) is 22.3 Å². The SMILES string of the molecule is CCC(=O)Nc1ccc(S(=O)(=O)Nc2cccc(C(=O)Nc3cccc4nsnc34)c2)cc1. The number of nitrogens with one attached hydrogen (secondary N) is 3. The molecule has 3 aromatic carbocycles. The Morgan fingerprint density at radius 1 is 0.909 bits per heavy atom. The Balaban J connectivity index is 1.49. The van der Waals surface area contributed by atoms with Crippen molar-refractivity contribution in [1.82, 2.24) is 8.75 Å². The van der Waals surface area contributed by atoms with Crippen molar-refractivity contribution in [2.75, 3.05) is 15.4 Å². The summed E-state index contributed by atoms with van der Waals surface area (Å²) in [5.41, 5.74) is 2.80. The van der Waals surface area contributed by atoms with Crippen molar-refractivity contribution in [3.05, 3.63) is 72.3 Å². The first kappa shape index (κ1) is 22.4. The molecule has 3 N–H and O–H groups in total. The first-order valence-electron chi connectivity index (χ1n) is 9.91. The number of anilines is 3. The maximum atomic E-state index is 12.8. The summed E-state index contributed by atoms with van der Waals surface area (Å²) in [5.74, 6) is -0.575. The number of amides is 2. The maximum absolute atomic E-state index is 12.8. The highest BCUT2D eigenvalue weighted by Crippen LogP contribution is 2.23. The molecule has 168 valence electrons. The molecule has 0 fully saturated rings. The van der Waals surface area contributed by atoms with E-state index in [1.807, 2.05) is 0 Å². The largest absolute Gasteiger partial charge is 0.326 e. The van der Waals surface area contributed by atoms with Gasteiger partial charge < -0.3 is 10.6 Å². The fourth-order valence-electron chi connectivity index (χ4n) is 3.01. The van der Waals surface area contributed by atoms with E-state index in [1.54, 1.807) is 43.3 Å². The second-order valence-electron chi connectivity index (χ2n) is 7.00. The molecule has 0 radical (unpaired) electrons. The molecular weight excluding hydrogens is 462 g/mol. The number of benzene rings is 3. The third kappa shape index (κ3) is 5.16. The van der Waals surface area contributed by atoms with E-state index in [4.69, 9.17) is 0 Å². The summed E-state index contributed by atoms with van der Waals surface area (Å²) in [4.78, 5) is 24.2. The molecular formula is C22H19N5O4S2. The molecule has 0 spiro atoms. The summed E-state index contributed by atoms with van der Waals surface area (Å²) >= 11 is 1.05. The maximum Gasteiger partial charge on any atom is 0.261 e. The van der Waals surface area contributed by atoms with Crippen molar-refractivity contribution in [1.29, 1.82) is 0 Å². The number of nitrogens with zero attached hydrogens (tertiary/aromatic N) is 2. The van der Waals surface area contributed by atoms with Gasteiger partial charge in [-0.1, -0.05) is 19.1 Å². The molecule has 4 rings (SSSR count). The van der Waals surface area contributed by atoms with E-state index >= 15 is 0 Å². The van der Waals surface area contributed by atoms with Crippen LogP contribution in [0.25, 0.3) is 11.0 Å². The van der Waals surface area contributed by atoms with Gasteiger partial charge in [0.1, 0.15) is 11.0 Å². The molecule has 4 aromatic rings. The molecule has 0 unspecified atom stereocenters. The third-order valence-electron chi connectivity index (χ3n) is 4.68. The van der Waals surface area contributed by atoms with Crippen molar-refractivity contribution in [2.24, 2.45) is 0 Å². The molecule has 0 atom stereocenters. The van der Waals surface area contributed by atoms with Crippen LogP contribution in [0.5, 0.6) is 0 Å². The molecule has 0 saturated heterocycles. The van der Waals surface area contributed by atoms with E-state index in [2.05, 4.69) is 24.1 Å². The summed E-state index contributed by atoms with van der Waals surface area (Å²) in [6, 6.07) is 17.3. The van der Waals surface area contributed by atoms with Crippen LogP contribution >= 0.6 is 11.7 Å². The second kappa shape index (κ2) is 9.35. The molecule has 1 heterocycles. The fraction of sp³-hybridized carbons (Fsp3) is 0.0909. The zero-order chi connectivity index (χ0) is 23.4. The van der Waals surface area contributed by atoms with E-state index in [0.29, 0.717) is 28.8 Å². The van der Waals surface area contributed by atoms with Gasteiger partial charge in [-0.15, -0.1) is 0 Å². The van der Waals surface area contributed by atoms with Crippen LogP contribution in [-0.4, -0.2) is 29.0 Å². The summed E-state index contributed by atoms with van der Waals surface area (Å²) in [6.07, 6.45) is 0.321. The molecule has 2 amide bonds. The van der Waals surface area contributed by atoms with Crippen molar-refractivity contribution < 1.29 is 18.0 Å². The number of hydrogen-bond donors (Lipinski definition) is 3. The predicted octanol–water partition coefficient (Wildman–Crippen LogP) is 4.09. The topological polar surface area (TPSA) is 130 Å². The van der Waals surface area contributed by atoms with E-state index in [-0.39, 0.29) is 22.1 Å². The van der Waals surface area contributed by atoms with Crippen LogP contribution < -0.4 is 15.4 Å². The quantitative estimate of drug-likeness (QED) is 0.364. The van der Waals surface area contributed by atoms with Crippen molar-refractivity contribution >= 4 is 61.7 Å². The molecule has 0 bridgehead atoms. The number of fused-ring (bicyclic) bond motifs is 1. The number of aromatic nitrogens is 2. The van der Waals surface area contributed by atoms with Crippen LogP contribution in [0.4, 0.5) is 17.1 Å². The third-order valence-corrected chi connectivity index (χ3v) is 6.62. The highest BCUT2D eigenvalue weighted by molar-refractivity contribution is 7.92. The Bertz CT molecular complexity index is 1430. The van der Waals surface area contributed by atoms with E-state index < -0.39 is 15.9 Å². The lowest BCUT2D eigenvalue weighted by molar-refractivity contribution is -0.115. The van der Waals surface area contributed by atoms with Gasteiger partial charge in [0.15, 0.2) is 0 Å². The average molecular weight is 482 g/mol. The minimum atomic E-state index is -3.90. The standard InChI is InChI=1S/C22H19N5O4S2/c1-2-20(28)23-15-9-11-17(12-10-15)33(30,31)27-16-6-3-5-14(13-16)22(29)24-18-7-4-8-19-21(18)26-32-25-19/h3-13,27H,2H2,1H3,(H,23,28)(H,24,29). The van der Waals surface area contributed by atoms with Crippen LogP contribution in [0.15, 0.2) is 71.6 Å². The number of sulfonamides is 1. The average Bonchev–Trinajstić information content (AvgIpc) is 3.29. The van der Waals surface area contributed by atoms with Crippen LogP contribution in [0.1, 0.15) is 23.7 Å². The smallest absolute Gasteiger partial charge is 0.261 e. The van der Waals surface area contributed by atoms with E-state index in [9.17, 15) is 18.0 Å². The Hall–Kier alpha value is -3.83. The second-order valence-corrected chi connectivity index (χ2v) is 9.21. The van der Waals surface area contributed by atoms with Crippen molar-refractivity contribution in [3.63, 3.8) is 0 Å². The Morgan fingerprint density at radius 2 is 1.67 bits per heavy atom. The molecule has 9 nitrogen and oxygen atoms in total. The molecule has 33 heavy (non-hydrogen) atoms. The van der Waals surface area contributed by atoms with Crippen LogP contribution in [0.3, 0.4) is 0 Å². The Kier molecular flexibility index (Phi) is 6.33. The van der Waals surface area contributed by atoms with Crippen molar-refractivity contribution in [2.45, 2.75) is 18.2 Å². The van der Waals surface area contributed by atoms with Crippen LogP contribution in [0.2, 0.25) is 0 Å². The monoisotopic (exact) mass is 481 g/mol. The Morgan fingerprint density at radius 3 is 2.42 bits per heavy atom. The normalized spacial score (nSPS) is 11.2. The number of carbonyl (C=O) groups is 2. The first-order chi connectivity index (χ1) is 15.9. The Labute approximate surface area is 194 Å². The molecule has 0 saturated carbocycles. The van der Waals surface area contributed by atoms with Gasteiger partial charge in [0.2, 0.25) is 5.91 Å². The number of rotatable bonds is 7. The lowest BCUT2D eigenvalue weighted by atomic mass is 10.2. The molecule has 11 heteroatoms. The molecule has 0 aliphatic rings. The highest BCUT2D eigenvalue weighted by Gasteiger charge is 2.16. The van der Waals surface area contributed by atoms with Gasteiger partial charge in [-0.3, -0.25) is 14.3 Å². The van der Waals surface area contributed by atoms with Crippen LogP contribution in [-0.2, 0) is 14.8 Å². The first-order valence-corrected chi connectivity index (χ1v) is 12.1. The van der Waals surface area contributed by atoms with Gasteiger partial charge in [0.25, 0.3) is 15.9 Å². The van der Waals surface area contributed by atoms with Gasteiger partial charge in [-0.25, -0.2) is 8.42 Å². The predicted molar refractivity (Wildman–Crippen MR) is 128 cm³/mol. The molecule has 1 aromatic heterocycles. The summed E-state index contributed by atoms with van der Waals surface area (Å²) in [6.45, 7) is 1.73. The van der Waals surface area contributed by atoms with Gasteiger partial charge in [-0.2, -0.15) is 8.75 Å². The lowest BCUT2D eigenvalue weighted by Crippen LogP contribution is -2.15. The van der Waals surface area contributed by atoms with E-state index in [1.165, 1.54) is 30.3 Å². The zero-order valence-corrected chi connectivity index (χ0v) is 19.0. The minimum absolute atomic E-state index is 0.0227. The molecule has 0 aliphatic heterocycles. The number of hydrogen-bond acceptors (Lipinski definition) is 7. The van der Waals surface area contributed by atoms with Gasteiger partial charge >= 0.3 is 0 Å². The molecule has 0 aliphatic carbocycles. The van der Waals surface area contributed by atoms with E-state index in [0.717, 1.165) is 11.7 Å². The summed E-state index contributed by atoms with van der Waals surface area (Å²) in [5, 5.41) is 5.45. The van der Waals surface area contributed by atoms with Gasteiger partial charge in [0, 0.05) is 23.4 Å². The number of carbonyl (C=O) groups excluding carboxylic acids is 2. The zero-order valence-electron chi connectivity index (χ0n) is 17.4. The van der Waals surface area contributed by atoms with Crippen LogP contribution in [0, 0.1) is 0 Å².